The van der Waals surface area contributed by atoms with Gasteiger partial charge in [-0.2, -0.15) is 0 Å². The summed E-state index contributed by atoms with van der Waals surface area (Å²) in [5, 5.41) is 2.94. The normalized spacial score (nSPS) is 12.5. The van der Waals surface area contributed by atoms with Crippen LogP contribution >= 0.6 is 0 Å². The maximum absolute atomic E-state index is 12.0. The van der Waals surface area contributed by atoms with Gasteiger partial charge in [-0.15, -0.1) is 0 Å². The van der Waals surface area contributed by atoms with E-state index in [2.05, 4.69) is 26.1 Å². The van der Waals surface area contributed by atoms with Crippen LogP contribution in [0.1, 0.15) is 44.9 Å². The molecule has 0 spiro atoms. The molecule has 0 saturated carbocycles. The highest BCUT2D eigenvalue weighted by atomic mass is 16.5. The molecule has 2 aromatic rings. The van der Waals surface area contributed by atoms with Crippen molar-refractivity contribution in [3.8, 4) is 5.75 Å². The van der Waals surface area contributed by atoms with Crippen molar-refractivity contribution < 1.29 is 9.53 Å². The summed E-state index contributed by atoms with van der Waals surface area (Å²) in [5.41, 5.74) is 2.43. The Balaban J connectivity index is 1.85. The molecule has 3 nitrogen and oxygen atoms in total. The van der Waals surface area contributed by atoms with E-state index in [0.717, 1.165) is 5.56 Å². The maximum Gasteiger partial charge on any atom is 0.258 e. The van der Waals surface area contributed by atoms with Gasteiger partial charge in [-0.05, 0) is 35.6 Å². The van der Waals surface area contributed by atoms with E-state index in [-0.39, 0.29) is 24.0 Å². The molecule has 0 aliphatic heterocycles. The lowest BCUT2D eigenvalue weighted by Gasteiger charge is -2.19. The van der Waals surface area contributed by atoms with Gasteiger partial charge in [-0.3, -0.25) is 4.79 Å². The van der Waals surface area contributed by atoms with E-state index < -0.39 is 0 Å². The Morgan fingerprint density at radius 2 is 1.65 bits per heavy atom. The highest BCUT2D eigenvalue weighted by Gasteiger charge is 2.13. The van der Waals surface area contributed by atoms with Crippen LogP contribution in [0.15, 0.2) is 54.6 Å². The molecule has 0 aromatic heterocycles. The molecule has 1 N–H and O–H groups in total. The van der Waals surface area contributed by atoms with Gasteiger partial charge in [0.25, 0.3) is 5.91 Å². The fourth-order valence-electron chi connectivity index (χ4n) is 2.31. The monoisotopic (exact) mass is 311 g/mol. The SMILES string of the molecule is CC(NC(=O)COc1ccc(C(C)(C)C)cc1)c1ccccc1. The Bertz CT molecular complexity index is 627. The molecule has 0 bridgehead atoms. The van der Waals surface area contributed by atoms with Crippen molar-refractivity contribution in [3.05, 3.63) is 65.7 Å². The second-order valence-electron chi connectivity index (χ2n) is 6.76. The van der Waals surface area contributed by atoms with E-state index in [9.17, 15) is 4.79 Å². The number of carbonyl (C=O) groups is 1. The lowest BCUT2D eigenvalue weighted by atomic mass is 9.87. The number of amides is 1. The number of nitrogens with one attached hydrogen (secondary N) is 1. The lowest BCUT2D eigenvalue weighted by Crippen LogP contribution is -2.31. The predicted octanol–water partition coefficient (Wildman–Crippen LogP) is 4.24. The Morgan fingerprint density at radius 3 is 2.22 bits per heavy atom. The Hall–Kier alpha value is -2.29. The van der Waals surface area contributed by atoms with Crippen molar-refractivity contribution in [1.29, 1.82) is 0 Å². The van der Waals surface area contributed by atoms with Crippen molar-refractivity contribution in [1.82, 2.24) is 5.32 Å². The Labute approximate surface area is 138 Å². The van der Waals surface area contributed by atoms with Crippen LogP contribution in [-0.2, 0) is 10.2 Å². The quantitative estimate of drug-likeness (QED) is 0.897. The molecule has 1 unspecified atom stereocenters. The first-order valence-electron chi connectivity index (χ1n) is 7.94. The molecule has 2 aromatic carbocycles. The van der Waals surface area contributed by atoms with Crippen LogP contribution in [0.4, 0.5) is 0 Å². The van der Waals surface area contributed by atoms with Gasteiger partial charge >= 0.3 is 0 Å². The average molecular weight is 311 g/mol. The molecule has 23 heavy (non-hydrogen) atoms. The molecule has 0 aliphatic carbocycles. The number of carbonyl (C=O) groups excluding carboxylic acids is 1. The standard InChI is InChI=1S/C20H25NO2/c1-15(16-8-6-5-7-9-16)21-19(22)14-23-18-12-10-17(11-13-18)20(2,3)4/h5-13,15H,14H2,1-4H3,(H,21,22). The van der Waals surface area contributed by atoms with Crippen LogP contribution in [0.2, 0.25) is 0 Å². The molecular formula is C20H25NO2. The highest BCUT2D eigenvalue weighted by Crippen LogP contribution is 2.24. The largest absolute Gasteiger partial charge is 0.484 e. The minimum absolute atomic E-state index is 0.0199. The summed E-state index contributed by atoms with van der Waals surface area (Å²) in [5.74, 6) is 0.585. The Morgan fingerprint density at radius 1 is 1.04 bits per heavy atom. The van der Waals surface area contributed by atoms with Gasteiger partial charge in [0, 0.05) is 0 Å². The van der Waals surface area contributed by atoms with Gasteiger partial charge < -0.3 is 10.1 Å². The first kappa shape index (κ1) is 17.1. The summed E-state index contributed by atoms with van der Waals surface area (Å²) in [6.45, 7) is 8.49. The van der Waals surface area contributed by atoms with Gasteiger partial charge in [0.05, 0.1) is 6.04 Å². The summed E-state index contributed by atoms with van der Waals surface area (Å²) >= 11 is 0. The number of benzene rings is 2. The molecule has 0 aliphatic rings. The smallest absolute Gasteiger partial charge is 0.258 e. The first-order valence-corrected chi connectivity index (χ1v) is 7.94. The molecule has 1 atom stereocenters. The Kier molecular flexibility index (Phi) is 5.43. The highest BCUT2D eigenvalue weighted by molar-refractivity contribution is 5.78. The molecule has 0 heterocycles. The summed E-state index contributed by atoms with van der Waals surface area (Å²) in [6, 6.07) is 17.8. The third-order valence-electron chi connectivity index (χ3n) is 3.77. The minimum Gasteiger partial charge on any atom is -0.484 e. The summed E-state index contributed by atoms with van der Waals surface area (Å²) < 4.78 is 5.56. The van der Waals surface area contributed by atoms with E-state index in [1.807, 2.05) is 61.5 Å². The number of hydrogen-bond donors (Lipinski definition) is 1. The van der Waals surface area contributed by atoms with Gasteiger partial charge in [0.1, 0.15) is 5.75 Å². The van der Waals surface area contributed by atoms with Crippen LogP contribution in [0.25, 0.3) is 0 Å². The molecule has 3 heteroatoms. The minimum atomic E-state index is -0.124. The van der Waals surface area contributed by atoms with E-state index >= 15 is 0 Å². The fourth-order valence-corrected chi connectivity index (χ4v) is 2.31. The van der Waals surface area contributed by atoms with Crippen LogP contribution in [0, 0.1) is 0 Å². The topological polar surface area (TPSA) is 38.3 Å². The molecule has 0 fully saturated rings. The lowest BCUT2D eigenvalue weighted by molar-refractivity contribution is -0.123. The van der Waals surface area contributed by atoms with E-state index in [0.29, 0.717) is 5.75 Å². The van der Waals surface area contributed by atoms with Gasteiger partial charge in [-0.1, -0.05) is 63.2 Å². The third-order valence-corrected chi connectivity index (χ3v) is 3.77. The number of hydrogen-bond acceptors (Lipinski definition) is 2. The van der Waals surface area contributed by atoms with Gasteiger partial charge in [0.2, 0.25) is 0 Å². The van der Waals surface area contributed by atoms with E-state index in [1.165, 1.54) is 5.56 Å². The zero-order valence-electron chi connectivity index (χ0n) is 14.3. The van der Waals surface area contributed by atoms with Crippen LogP contribution in [0.5, 0.6) is 5.75 Å². The predicted molar refractivity (Wildman–Crippen MR) is 93.6 cm³/mol. The van der Waals surface area contributed by atoms with Gasteiger partial charge in [0.15, 0.2) is 6.61 Å². The van der Waals surface area contributed by atoms with Gasteiger partial charge in [-0.25, -0.2) is 0 Å². The van der Waals surface area contributed by atoms with Crippen molar-refractivity contribution in [2.24, 2.45) is 0 Å². The molecule has 1 amide bonds. The van der Waals surface area contributed by atoms with Crippen LogP contribution in [-0.4, -0.2) is 12.5 Å². The second kappa shape index (κ2) is 7.32. The number of rotatable bonds is 5. The van der Waals surface area contributed by atoms with Crippen molar-refractivity contribution in [2.75, 3.05) is 6.61 Å². The summed E-state index contributed by atoms with van der Waals surface area (Å²) in [7, 11) is 0. The van der Waals surface area contributed by atoms with Crippen LogP contribution < -0.4 is 10.1 Å². The molecule has 122 valence electrons. The molecule has 0 saturated heterocycles. The number of ether oxygens (including phenoxy) is 1. The van der Waals surface area contributed by atoms with Crippen molar-refractivity contribution in [3.63, 3.8) is 0 Å². The fraction of sp³-hybridized carbons (Fsp3) is 0.350. The zero-order valence-corrected chi connectivity index (χ0v) is 14.3. The average Bonchev–Trinajstić information content (AvgIpc) is 2.53. The summed E-state index contributed by atoms with van der Waals surface area (Å²) in [6.07, 6.45) is 0. The summed E-state index contributed by atoms with van der Waals surface area (Å²) in [4.78, 5) is 12.0. The third kappa shape index (κ3) is 5.13. The molecular weight excluding hydrogens is 286 g/mol. The van der Waals surface area contributed by atoms with E-state index in [4.69, 9.17) is 4.74 Å². The van der Waals surface area contributed by atoms with Crippen molar-refractivity contribution >= 4 is 5.91 Å². The molecule has 0 radical (unpaired) electrons. The second-order valence-corrected chi connectivity index (χ2v) is 6.76. The zero-order chi connectivity index (χ0) is 16.9. The molecule has 2 rings (SSSR count). The maximum atomic E-state index is 12.0. The van der Waals surface area contributed by atoms with Crippen LogP contribution in [0.3, 0.4) is 0 Å². The van der Waals surface area contributed by atoms with E-state index in [1.54, 1.807) is 0 Å². The van der Waals surface area contributed by atoms with Crippen molar-refractivity contribution in [2.45, 2.75) is 39.2 Å². The first-order chi connectivity index (χ1) is 10.9.